The van der Waals surface area contributed by atoms with Gasteiger partial charge in [-0.1, -0.05) is 27.2 Å². The summed E-state index contributed by atoms with van der Waals surface area (Å²) in [6.45, 7) is 6.76. The van der Waals surface area contributed by atoms with Crippen molar-refractivity contribution in [2.24, 2.45) is 23.7 Å². The lowest BCUT2D eigenvalue weighted by molar-refractivity contribution is -0.137. The van der Waals surface area contributed by atoms with Crippen molar-refractivity contribution >= 4 is 11.9 Å². The van der Waals surface area contributed by atoms with Gasteiger partial charge < -0.3 is 10.4 Å². The van der Waals surface area contributed by atoms with Crippen LogP contribution in [0.25, 0.3) is 0 Å². The Labute approximate surface area is 109 Å². The Morgan fingerprint density at radius 2 is 2.00 bits per heavy atom. The van der Waals surface area contributed by atoms with E-state index in [-0.39, 0.29) is 24.8 Å². The number of amides is 1. The maximum atomic E-state index is 12.1. The van der Waals surface area contributed by atoms with Gasteiger partial charge in [0.1, 0.15) is 0 Å². The molecule has 104 valence electrons. The zero-order valence-corrected chi connectivity index (χ0v) is 11.6. The molecule has 1 aliphatic carbocycles. The number of hydrogen-bond donors (Lipinski definition) is 2. The van der Waals surface area contributed by atoms with Gasteiger partial charge in [-0.25, -0.2) is 0 Å². The van der Waals surface area contributed by atoms with Crippen LogP contribution in [0.4, 0.5) is 0 Å². The van der Waals surface area contributed by atoms with E-state index in [1.54, 1.807) is 0 Å². The molecule has 1 fully saturated rings. The van der Waals surface area contributed by atoms with Gasteiger partial charge in [0, 0.05) is 12.5 Å². The first-order chi connectivity index (χ1) is 8.41. The number of carboxylic acids is 1. The van der Waals surface area contributed by atoms with Gasteiger partial charge in [0.2, 0.25) is 5.91 Å². The molecule has 0 spiro atoms. The van der Waals surface area contributed by atoms with Crippen molar-refractivity contribution in [2.75, 3.05) is 6.54 Å². The van der Waals surface area contributed by atoms with Crippen molar-refractivity contribution in [2.45, 2.75) is 46.5 Å². The zero-order chi connectivity index (χ0) is 13.7. The number of carboxylic acid groups (broad SMARTS) is 1. The third kappa shape index (κ3) is 4.31. The minimum atomic E-state index is -0.868. The summed E-state index contributed by atoms with van der Waals surface area (Å²) in [5.74, 6) is 0.769. The fourth-order valence-electron chi connectivity index (χ4n) is 2.93. The molecule has 1 amide bonds. The van der Waals surface area contributed by atoms with E-state index in [0.29, 0.717) is 17.8 Å². The van der Waals surface area contributed by atoms with E-state index in [4.69, 9.17) is 5.11 Å². The third-order valence-electron chi connectivity index (χ3n) is 4.00. The maximum absolute atomic E-state index is 12.1. The molecule has 1 aliphatic rings. The summed E-state index contributed by atoms with van der Waals surface area (Å²) >= 11 is 0. The zero-order valence-electron chi connectivity index (χ0n) is 11.6. The molecule has 0 bridgehead atoms. The van der Waals surface area contributed by atoms with E-state index < -0.39 is 5.97 Å². The van der Waals surface area contributed by atoms with Crippen LogP contribution in [-0.4, -0.2) is 23.5 Å². The highest BCUT2D eigenvalue weighted by Crippen LogP contribution is 2.37. The number of carbonyl (C=O) groups excluding carboxylic acids is 1. The Hall–Kier alpha value is -1.06. The Morgan fingerprint density at radius 3 is 2.56 bits per heavy atom. The fourth-order valence-corrected chi connectivity index (χ4v) is 2.93. The molecule has 4 nitrogen and oxygen atoms in total. The normalized spacial score (nSPS) is 28.1. The Kier molecular flexibility index (Phi) is 5.63. The molecule has 18 heavy (non-hydrogen) atoms. The Morgan fingerprint density at radius 1 is 1.33 bits per heavy atom. The molecular formula is C14H25NO3. The van der Waals surface area contributed by atoms with Crippen molar-refractivity contribution < 1.29 is 14.7 Å². The van der Waals surface area contributed by atoms with E-state index in [0.717, 1.165) is 12.8 Å². The summed E-state index contributed by atoms with van der Waals surface area (Å²) in [6.07, 6.45) is 3.24. The molecule has 1 saturated carbocycles. The van der Waals surface area contributed by atoms with Crippen LogP contribution < -0.4 is 5.32 Å². The second-order valence-corrected chi connectivity index (χ2v) is 5.87. The fraction of sp³-hybridized carbons (Fsp3) is 0.857. The molecule has 3 unspecified atom stereocenters. The predicted molar refractivity (Wildman–Crippen MR) is 70.1 cm³/mol. The molecule has 3 atom stereocenters. The monoisotopic (exact) mass is 255 g/mol. The first kappa shape index (κ1) is 15.0. The van der Waals surface area contributed by atoms with E-state index in [9.17, 15) is 9.59 Å². The molecular weight excluding hydrogens is 230 g/mol. The molecule has 0 radical (unpaired) electrons. The minimum absolute atomic E-state index is 0.000356. The average molecular weight is 255 g/mol. The van der Waals surface area contributed by atoms with E-state index >= 15 is 0 Å². The van der Waals surface area contributed by atoms with Crippen LogP contribution in [0.3, 0.4) is 0 Å². The van der Waals surface area contributed by atoms with Crippen LogP contribution in [-0.2, 0) is 9.59 Å². The summed E-state index contributed by atoms with van der Waals surface area (Å²) in [5, 5.41) is 11.3. The highest BCUT2D eigenvalue weighted by Gasteiger charge is 2.35. The molecule has 0 aromatic rings. The lowest BCUT2D eigenvalue weighted by atomic mass is 9.70. The van der Waals surface area contributed by atoms with Gasteiger partial charge >= 0.3 is 5.97 Å². The van der Waals surface area contributed by atoms with Crippen LogP contribution in [0.5, 0.6) is 0 Å². The van der Waals surface area contributed by atoms with Gasteiger partial charge in [-0.05, 0) is 30.6 Å². The van der Waals surface area contributed by atoms with Crippen LogP contribution in [0.1, 0.15) is 46.5 Å². The van der Waals surface area contributed by atoms with Gasteiger partial charge in [0.25, 0.3) is 0 Å². The number of rotatable bonds is 5. The molecule has 0 heterocycles. The number of hydrogen-bond acceptors (Lipinski definition) is 2. The minimum Gasteiger partial charge on any atom is -0.481 e. The highest BCUT2D eigenvalue weighted by molar-refractivity contribution is 5.79. The number of carbonyl (C=O) groups is 2. The van der Waals surface area contributed by atoms with Crippen LogP contribution in [0, 0.1) is 23.7 Å². The van der Waals surface area contributed by atoms with Gasteiger partial charge in [0.05, 0.1) is 6.42 Å². The van der Waals surface area contributed by atoms with Crippen molar-refractivity contribution in [1.82, 2.24) is 5.32 Å². The first-order valence-electron chi connectivity index (χ1n) is 6.91. The smallest absolute Gasteiger partial charge is 0.305 e. The molecule has 0 aromatic carbocycles. The Bertz CT molecular complexity index is 301. The topological polar surface area (TPSA) is 66.4 Å². The van der Waals surface area contributed by atoms with Crippen molar-refractivity contribution in [3.05, 3.63) is 0 Å². The molecule has 2 N–H and O–H groups in total. The average Bonchev–Trinajstić information content (AvgIpc) is 2.27. The summed E-state index contributed by atoms with van der Waals surface area (Å²) in [4.78, 5) is 22.6. The second-order valence-electron chi connectivity index (χ2n) is 5.87. The van der Waals surface area contributed by atoms with E-state index in [1.807, 2.05) is 0 Å². The quantitative estimate of drug-likeness (QED) is 0.792. The van der Waals surface area contributed by atoms with Gasteiger partial charge in [-0.3, -0.25) is 9.59 Å². The van der Waals surface area contributed by atoms with Crippen LogP contribution in [0.15, 0.2) is 0 Å². The lowest BCUT2D eigenvalue weighted by Gasteiger charge is -2.36. The molecule has 0 aromatic heterocycles. The highest BCUT2D eigenvalue weighted by atomic mass is 16.4. The largest absolute Gasteiger partial charge is 0.481 e. The van der Waals surface area contributed by atoms with E-state index in [2.05, 4.69) is 26.1 Å². The SMILES string of the molecule is CC1CCC(C(C)C)C(C(=O)NCCC(=O)O)C1. The molecule has 4 heteroatoms. The van der Waals surface area contributed by atoms with Gasteiger partial charge in [-0.15, -0.1) is 0 Å². The summed E-state index contributed by atoms with van der Waals surface area (Å²) in [7, 11) is 0. The maximum Gasteiger partial charge on any atom is 0.305 e. The van der Waals surface area contributed by atoms with Crippen LogP contribution in [0.2, 0.25) is 0 Å². The van der Waals surface area contributed by atoms with Crippen molar-refractivity contribution in [1.29, 1.82) is 0 Å². The third-order valence-corrected chi connectivity index (χ3v) is 4.00. The molecule has 0 saturated heterocycles. The summed E-state index contributed by atoms with van der Waals surface area (Å²) in [6, 6.07) is 0. The lowest BCUT2D eigenvalue weighted by Crippen LogP contribution is -2.40. The number of aliphatic carboxylic acids is 1. The van der Waals surface area contributed by atoms with Crippen molar-refractivity contribution in [3.63, 3.8) is 0 Å². The van der Waals surface area contributed by atoms with Crippen LogP contribution >= 0.6 is 0 Å². The van der Waals surface area contributed by atoms with Gasteiger partial charge in [0.15, 0.2) is 0 Å². The first-order valence-corrected chi connectivity index (χ1v) is 6.91. The summed E-state index contributed by atoms with van der Waals surface area (Å²) < 4.78 is 0. The predicted octanol–water partition coefficient (Wildman–Crippen LogP) is 2.29. The Balaban J connectivity index is 2.53. The van der Waals surface area contributed by atoms with E-state index in [1.165, 1.54) is 6.42 Å². The standard InChI is InChI=1S/C14H25NO3/c1-9(2)11-5-4-10(3)8-12(11)14(18)15-7-6-13(16)17/h9-12H,4-8H2,1-3H3,(H,15,18)(H,16,17). The molecule has 0 aliphatic heterocycles. The second kappa shape index (κ2) is 6.76. The van der Waals surface area contributed by atoms with Gasteiger partial charge in [-0.2, -0.15) is 0 Å². The number of nitrogens with one attached hydrogen (secondary N) is 1. The van der Waals surface area contributed by atoms with Crippen molar-refractivity contribution in [3.8, 4) is 0 Å². The summed E-state index contributed by atoms with van der Waals surface area (Å²) in [5.41, 5.74) is 0. The molecule has 1 rings (SSSR count).